The summed E-state index contributed by atoms with van der Waals surface area (Å²) >= 11 is 3.84. The lowest BCUT2D eigenvalue weighted by molar-refractivity contribution is -0.141. The van der Waals surface area contributed by atoms with Gasteiger partial charge in [-0.05, 0) is 43.5 Å². The van der Waals surface area contributed by atoms with Crippen LogP contribution in [-0.2, 0) is 41.6 Å². The second-order valence-electron chi connectivity index (χ2n) is 10.4. The Morgan fingerprint density at radius 2 is 1.39 bits per heavy atom. The van der Waals surface area contributed by atoms with E-state index in [9.17, 15) is 33.9 Å². The molecule has 0 heterocycles. The summed E-state index contributed by atoms with van der Waals surface area (Å²) in [5, 5.41) is 30.5. The highest BCUT2D eigenvalue weighted by molar-refractivity contribution is 7.80. The monoisotopic (exact) mass is 630 g/mol. The van der Waals surface area contributed by atoms with Crippen LogP contribution in [-0.4, -0.2) is 88.2 Å². The molecule has 2 aromatic rings. The minimum atomic E-state index is -1.48. The van der Waals surface area contributed by atoms with E-state index in [-0.39, 0.29) is 24.3 Å². The molecule has 15 heteroatoms. The smallest absolute Gasteiger partial charge is 0.327 e. The number of hydrogen-bond donors (Lipinski definition) is 9. The molecule has 44 heavy (non-hydrogen) atoms. The van der Waals surface area contributed by atoms with Crippen molar-refractivity contribution in [3.05, 3.63) is 65.7 Å². The molecule has 0 spiro atoms. The van der Waals surface area contributed by atoms with Gasteiger partial charge in [-0.1, -0.05) is 42.5 Å². The average Bonchev–Trinajstić information content (AvgIpc) is 2.98. The van der Waals surface area contributed by atoms with E-state index >= 15 is 0 Å². The third-order valence-electron chi connectivity index (χ3n) is 6.32. The van der Waals surface area contributed by atoms with E-state index < -0.39 is 72.3 Å². The van der Waals surface area contributed by atoms with Crippen LogP contribution in [0, 0.1) is 0 Å². The SMILES string of the molecule is CC(C)(NC(=O)[C@H](N)Cc1ccc(O)cc1)C(=O)N[C@H](Cc1ccccc1)C(=O)NCC(=O)NCC(=O)N[C@@H](CS)C(=O)O. The molecule has 238 valence electrons. The van der Waals surface area contributed by atoms with Gasteiger partial charge in [0.25, 0.3) is 0 Å². The number of carboxylic acids is 1. The van der Waals surface area contributed by atoms with Gasteiger partial charge < -0.3 is 42.5 Å². The molecule has 0 aliphatic rings. The summed E-state index contributed by atoms with van der Waals surface area (Å²) in [6.07, 6.45) is 0.217. The van der Waals surface area contributed by atoms with Crippen molar-refractivity contribution in [2.75, 3.05) is 18.8 Å². The van der Waals surface area contributed by atoms with Gasteiger partial charge in [-0.3, -0.25) is 24.0 Å². The Labute approximate surface area is 259 Å². The van der Waals surface area contributed by atoms with Crippen molar-refractivity contribution in [3.63, 3.8) is 0 Å². The number of hydrogen-bond acceptors (Lipinski definition) is 9. The lowest BCUT2D eigenvalue weighted by atomic mass is 9.99. The Hall–Kier alpha value is -4.63. The van der Waals surface area contributed by atoms with Crippen molar-refractivity contribution >= 4 is 48.1 Å². The molecule has 0 saturated carbocycles. The average molecular weight is 631 g/mol. The van der Waals surface area contributed by atoms with Crippen molar-refractivity contribution in [3.8, 4) is 5.75 Å². The molecule has 0 saturated heterocycles. The van der Waals surface area contributed by atoms with E-state index in [1.807, 2.05) is 0 Å². The highest BCUT2D eigenvalue weighted by Gasteiger charge is 2.34. The van der Waals surface area contributed by atoms with Crippen LogP contribution in [0.2, 0.25) is 0 Å². The molecular formula is C29H38N6O8S. The second kappa shape index (κ2) is 16.9. The molecule has 2 aromatic carbocycles. The number of carboxylic acid groups (broad SMARTS) is 1. The largest absolute Gasteiger partial charge is 0.508 e. The van der Waals surface area contributed by atoms with Gasteiger partial charge in [0.05, 0.1) is 19.1 Å². The molecule has 0 aliphatic carbocycles. The number of aliphatic carboxylic acids is 1. The molecular weight excluding hydrogens is 592 g/mol. The topological polar surface area (TPSA) is 229 Å². The van der Waals surface area contributed by atoms with E-state index in [2.05, 4.69) is 39.2 Å². The van der Waals surface area contributed by atoms with Crippen LogP contribution in [0.5, 0.6) is 5.75 Å². The zero-order valence-corrected chi connectivity index (χ0v) is 25.2. The molecule has 0 fully saturated rings. The first-order valence-electron chi connectivity index (χ1n) is 13.6. The van der Waals surface area contributed by atoms with Gasteiger partial charge in [0, 0.05) is 12.2 Å². The van der Waals surface area contributed by atoms with Crippen LogP contribution in [0.4, 0.5) is 0 Å². The minimum Gasteiger partial charge on any atom is -0.508 e. The number of carbonyl (C=O) groups excluding carboxylic acids is 5. The summed E-state index contributed by atoms with van der Waals surface area (Å²) in [6.45, 7) is 1.84. The van der Waals surface area contributed by atoms with Crippen LogP contribution in [0.25, 0.3) is 0 Å². The molecule has 0 bridgehead atoms. The molecule has 9 N–H and O–H groups in total. The summed E-state index contributed by atoms with van der Waals surface area (Å²) in [6, 6.07) is 11.6. The summed E-state index contributed by atoms with van der Waals surface area (Å²) in [5.74, 6) is -4.83. The molecule has 5 amide bonds. The van der Waals surface area contributed by atoms with Gasteiger partial charge in [0.1, 0.15) is 23.4 Å². The fourth-order valence-electron chi connectivity index (χ4n) is 3.80. The van der Waals surface area contributed by atoms with E-state index in [0.29, 0.717) is 11.1 Å². The fourth-order valence-corrected chi connectivity index (χ4v) is 4.04. The number of phenolic OH excluding ortho intramolecular Hbond substituents is 1. The van der Waals surface area contributed by atoms with E-state index in [0.717, 1.165) is 0 Å². The molecule has 0 aliphatic heterocycles. The fraction of sp³-hybridized carbons (Fsp3) is 0.379. The summed E-state index contributed by atoms with van der Waals surface area (Å²) < 4.78 is 0. The molecule has 0 aromatic heterocycles. The third kappa shape index (κ3) is 11.9. The third-order valence-corrected chi connectivity index (χ3v) is 6.69. The number of carbonyl (C=O) groups is 6. The second-order valence-corrected chi connectivity index (χ2v) is 10.8. The summed E-state index contributed by atoms with van der Waals surface area (Å²) in [7, 11) is 0. The van der Waals surface area contributed by atoms with Crippen molar-refractivity contribution in [1.29, 1.82) is 0 Å². The number of aromatic hydroxyl groups is 1. The summed E-state index contributed by atoms with van der Waals surface area (Å²) in [5.41, 5.74) is 5.98. The van der Waals surface area contributed by atoms with Crippen LogP contribution in [0.3, 0.4) is 0 Å². The van der Waals surface area contributed by atoms with Gasteiger partial charge in [0.15, 0.2) is 0 Å². The van der Waals surface area contributed by atoms with Gasteiger partial charge in [-0.25, -0.2) is 4.79 Å². The van der Waals surface area contributed by atoms with Gasteiger partial charge in [0.2, 0.25) is 29.5 Å². The Morgan fingerprint density at radius 3 is 1.98 bits per heavy atom. The van der Waals surface area contributed by atoms with Gasteiger partial charge in [-0.15, -0.1) is 0 Å². The maximum Gasteiger partial charge on any atom is 0.327 e. The molecule has 3 atom stereocenters. The number of nitrogens with one attached hydrogen (secondary N) is 5. The first-order valence-corrected chi connectivity index (χ1v) is 14.2. The number of rotatable bonds is 16. The number of thiol groups is 1. The van der Waals surface area contributed by atoms with Crippen LogP contribution >= 0.6 is 12.6 Å². The molecule has 0 radical (unpaired) electrons. The minimum absolute atomic E-state index is 0.0626. The standard InChI is InChI=1S/C29H38N6O8S/c1-29(2,35-25(39)20(30)12-18-8-10-19(36)11-9-18)28(43)34-21(13-17-6-4-3-5-7-17)26(40)32-14-23(37)31-15-24(38)33-22(16-44)27(41)42/h3-11,20-22,36,44H,12-16,30H2,1-2H3,(H,31,37)(H,32,40)(H,33,38)(H,34,43)(H,35,39)(H,41,42)/t20-,21-,22+/m1/s1. The number of amides is 5. The highest BCUT2D eigenvalue weighted by Crippen LogP contribution is 2.12. The lowest BCUT2D eigenvalue weighted by Crippen LogP contribution is -2.61. The van der Waals surface area contributed by atoms with Crippen molar-refractivity contribution in [2.45, 2.75) is 50.4 Å². The Bertz CT molecular complexity index is 1320. The highest BCUT2D eigenvalue weighted by atomic mass is 32.1. The molecule has 2 rings (SSSR count). The maximum absolute atomic E-state index is 13.3. The van der Waals surface area contributed by atoms with E-state index in [4.69, 9.17) is 10.8 Å². The summed E-state index contributed by atoms with van der Waals surface area (Å²) in [4.78, 5) is 74.3. The van der Waals surface area contributed by atoms with Gasteiger partial charge in [-0.2, -0.15) is 12.6 Å². The predicted molar refractivity (Wildman–Crippen MR) is 164 cm³/mol. The van der Waals surface area contributed by atoms with Crippen LogP contribution in [0.1, 0.15) is 25.0 Å². The van der Waals surface area contributed by atoms with Crippen molar-refractivity contribution in [2.24, 2.45) is 5.73 Å². The Balaban J connectivity index is 2.00. The van der Waals surface area contributed by atoms with Gasteiger partial charge >= 0.3 is 5.97 Å². The number of phenols is 1. The van der Waals surface area contributed by atoms with E-state index in [1.54, 1.807) is 42.5 Å². The van der Waals surface area contributed by atoms with Crippen LogP contribution in [0.15, 0.2) is 54.6 Å². The first kappa shape index (κ1) is 35.6. The van der Waals surface area contributed by atoms with E-state index in [1.165, 1.54) is 26.0 Å². The zero-order chi connectivity index (χ0) is 32.9. The zero-order valence-electron chi connectivity index (χ0n) is 24.3. The maximum atomic E-state index is 13.3. The first-order chi connectivity index (χ1) is 20.7. The normalized spacial score (nSPS) is 13.0. The number of benzene rings is 2. The van der Waals surface area contributed by atoms with Crippen molar-refractivity contribution < 1.29 is 39.0 Å². The molecule has 0 unspecified atom stereocenters. The lowest BCUT2D eigenvalue weighted by Gasteiger charge is -2.29. The van der Waals surface area contributed by atoms with Crippen molar-refractivity contribution in [1.82, 2.24) is 26.6 Å². The Morgan fingerprint density at radius 1 is 0.795 bits per heavy atom. The predicted octanol–water partition coefficient (Wildman–Crippen LogP) is -1.38. The molecule has 14 nitrogen and oxygen atoms in total. The quantitative estimate of drug-likeness (QED) is 0.0994. The Kier molecular flexibility index (Phi) is 13.6. The van der Waals surface area contributed by atoms with Crippen LogP contribution < -0.4 is 32.3 Å². The number of nitrogens with two attached hydrogens (primary N) is 1.